The molecule has 0 saturated heterocycles. The van der Waals surface area contributed by atoms with Gasteiger partial charge >= 0.3 is 0 Å². The second-order valence-corrected chi connectivity index (χ2v) is 6.46. The van der Waals surface area contributed by atoms with Gasteiger partial charge in [0, 0.05) is 12.0 Å². The zero-order valence-corrected chi connectivity index (χ0v) is 14.0. The fourth-order valence-corrected chi connectivity index (χ4v) is 2.60. The van der Waals surface area contributed by atoms with Crippen molar-refractivity contribution in [3.05, 3.63) is 70.8 Å². The fraction of sp³-hybridized carbons (Fsp3) is 0.381. The van der Waals surface area contributed by atoms with Crippen LogP contribution >= 0.6 is 0 Å². The summed E-state index contributed by atoms with van der Waals surface area (Å²) < 4.78 is 0. The molecule has 1 heteroatoms. The summed E-state index contributed by atoms with van der Waals surface area (Å²) in [5.41, 5.74) is 4.30. The van der Waals surface area contributed by atoms with Crippen LogP contribution in [0.15, 0.2) is 42.5 Å². The Hall–Kier alpha value is -1.89. The van der Waals surface area contributed by atoms with Gasteiger partial charge in [-0.3, -0.25) is 4.79 Å². The van der Waals surface area contributed by atoms with Crippen molar-refractivity contribution in [3.8, 4) is 0 Å². The zero-order chi connectivity index (χ0) is 16.1. The van der Waals surface area contributed by atoms with Crippen LogP contribution in [0, 0.1) is 6.07 Å². The first-order valence-corrected chi connectivity index (χ1v) is 8.12. The summed E-state index contributed by atoms with van der Waals surface area (Å²) in [5, 5.41) is 0. The second kappa shape index (κ2) is 7.40. The number of aryl methyl sites for hydroxylation is 1. The maximum Gasteiger partial charge on any atom is 0.163 e. The van der Waals surface area contributed by atoms with E-state index >= 15 is 0 Å². The molecule has 0 bridgehead atoms. The van der Waals surface area contributed by atoms with Crippen LogP contribution in [0.3, 0.4) is 0 Å². The van der Waals surface area contributed by atoms with E-state index in [1.54, 1.807) is 0 Å². The predicted molar refractivity (Wildman–Crippen MR) is 92.5 cm³/mol. The zero-order valence-electron chi connectivity index (χ0n) is 14.0. The molecule has 1 radical (unpaired) electrons. The minimum Gasteiger partial charge on any atom is -0.294 e. The molecule has 0 N–H and O–H groups in total. The number of rotatable bonds is 6. The number of ketones is 1. The number of hydrogen-bond donors (Lipinski definition) is 0. The molecule has 0 unspecified atom stereocenters. The van der Waals surface area contributed by atoms with E-state index in [1.807, 2.05) is 30.3 Å². The van der Waals surface area contributed by atoms with Crippen molar-refractivity contribution in [2.24, 2.45) is 0 Å². The van der Waals surface area contributed by atoms with Crippen LogP contribution in [0.25, 0.3) is 0 Å². The maximum absolute atomic E-state index is 12.6. The van der Waals surface area contributed by atoms with Gasteiger partial charge in [-0.15, -0.1) is 0 Å². The highest BCUT2D eigenvalue weighted by Crippen LogP contribution is 2.25. The molecular weight excluding hydrogens is 268 g/mol. The number of carbonyl (C=O) groups is 1. The summed E-state index contributed by atoms with van der Waals surface area (Å²) in [6, 6.07) is 17.7. The van der Waals surface area contributed by atoms with Gasteiger partial charge in [0.15, 0.2) is 5.78 Å². The van der Waals surface area contributed by atoms with Crippen molar-refractivity contribution in [1.29, 1.82) is 0 Å². The van der Waals surface area contributed by atoms with E-state index in [2.05, 4.69) is 45.9 Å². The van der Waals surface area contributed by atoms with Crippen LogP contribution in [-0.4, -0.2) is 5.78 Å². The van der Waals surface area contributed by atoms with Crippen molar-refractivity contribution < 1.29 is 4.79 Å². The third-order valence-corrected chi connectivity index (χ3v) is 3.98. The Morgan fingerprint density at radius 3 is 2.23 bits per heavy atom. The summed E-state index contributed by atoms with van der Waals surface area (Å²) in [6.07, 6.45) is 1.35. The van der Waals surface area contributed by atoms with Crippen molar-refractivity contribution in [2.45, 2.75) is 52.4 Å². The molecule has 0 heterocycles. The SMILES string of the molecule is CC(C)c1[c]c(C(C)C)c(C(=O)CCc2ccccc2)cc1. The summed E-state index contributed by atoms with van der Waals surface area (Å²) in [6.45, 7) is 8.58. The smallest absolute Gasteiger partial charge is 0.163 e. The first-order valence-electron chi connectivity index (χ1n) is 8.12. The summed E-state index contributed by atoms with van der Waals surface area (Å²) in [7, 11) is 0. The Morgan fingerprint density at radius 2 is 1.64 bits per heavy atom. The molecule has 2 aromatic carbocycles. The van der Waals surface area contributed by atoms with Gasteiger partial charge in [-0.2, -0.15) is 0 Å². The van der Waals surface area contributed by atoms with E-state index in [-0.39, 0.29) is 5.78 Å². The highest BCUT2D eigenvalue weighted by Gasteiger charge is 2.15. The minimum atomic E-state index is 0.221. The van der Waals surface area contributed by atoms with Gasteiger partial charge < -0.3 is 0 Å². The Kier molecular flexibility index (Phi) is 5.54. The molecule has 0 aliphatic heterocycles. The topological polar surface area (TPSA) is 17.1 Å². The standard InChI is InChI=1S/C21H25O/c1-15(2)18-11-12-19(20(14-18)16(3)4)21(22)13-10-17-8-6-5-7-9-17/h5-9,11-12,15-16H,10,13H2,1-4H3. The molecule has 0 fully saturated rings. The van der Waals surface area contributed by atoms with Gasteiger partial charge in [0.05, 0.1) is 0 Å². The molecular formula is C21H25O. The number of Topliss-reactive ketones (excluding diaryl/α,β-unsaturated/α-hetero) is 1. The minimum absolute atomic E-state index is 0.221. The third kappa shape index (κ3) is 4.07. The van der Waals surface area contributed by atoms with Gasteiger partial charge in [-0.1, -0.05) is 70.2 Å². The molecule has 115 valence electrons. The van der Waals surface area contributed by atoms with E-state index < -0.39 is 0 Å². The molecule has 22 heavy (non-hydrogen) atoms. The number of carbonyl (C=O) groups excluding carboxylic acids is 1. The van der Waals surface area contributed by atoms with E-state index in [1.165, 1.54) is 11.1 Å². The van der Waals surface area contributed by atoms with E-state index in [4.69, 9.17) is 0 Å². The Labute approximate surface area is 134 Å². The lowest BCUT2D eigenvalue weighted by molar-refractivity contribution is 0.0981. The maximum atomic E-state index is 12.6. The van der Waals surface area contributed by atoms with Gasteiger partial charge in [0.1, 0.15) is 0 Å². The predicted octanol–water partition coefficient (Wildman–Crippen LogP) is 5.55. The lowest BCUT2D eigenvalue weighted by Crippen LogP contribution is -2.08. The van der Waals surface area contributed by atoms with Crippen LogP contribution in [0.2, 0.25) is 0 Å². The molecule has 0 atom stereocenters. The molecule has 0 aromatic heterocycles. The highest BCUT2D eigenvalue weighted by molar-refractivity contribution is 5.97. The molecule has 1 nitrogen and oxygen atoms in total. The van der Waals surface area contributed by atoms with Crippen LogP contribution in [0.4, 0.5) is 0 Å². The van der Waals surface area contributed by atoms with Gasteiger partial charge in [-0.05, 0) is 41.0 Å². The molecule has 0 amide bonds. The summed E-state index contributed by atoms with van der Waals surface area (Å²) >= 11 is 0. The van der Waals surface area contributed by atoms with Crippen LogP contribution in [0.1, 0.15) is 73.0 Å². The lowest BCUT2D eigenvalue weighted by atomic mass is 9.88. The average Bonchev–Trinajstić information content (AvgIpc) is 2.52. The fourth-order valence-electron chi connectivity index (χ4n) is 2.60. The second-order valence-electron chi connectivity index (χ2n) is 6.46. The van der Waals surface area contributed by atoms with E-state index in [0.717, 1.165) is 17.5 Å². The van der Waals surface area contributed by atoms with Crippen LogP contribution in [0.5, 0.6) is 0 Å². The Morgan fingerprint density at radius 1 is 0.955 bits per heavy atom. The first kappa shape index (κ1) is 16.5. The lowest BCUT2D eigenvalue weighted by Gasteiger charge is -2.15. The summed E-state index contributed by atoms with van der Waals surface area (Å²) in [4.78, 5) is 12.6. The first-order chi connectivity index (χ1) is 10.5. The largest absolute Gasteiger partial charge is 0.294 e. The monoisotopic (exact) mass is 293 g/mol. The van der Waals surface area contributed by atoms with Gasteiger partial charge in [0.2, 0.25) is 0 Å². The summed E-state index contributed by atoms with van der Waals surface area (Å²) in [5.74, 6) is 0.972. The van der Waals surface area contributed by atoms with Crippen molar-refractivity contribution in [1.82, 2.24) is 0 Å². The number of hydrogen-bond acceptors (Lipinski definition) is 1. The van der Waals surface area contributed by atoms with Crippen molar-refractivity contribution in [3.63, 3.8) is 0 Å². The number of benzene rings is 2. The molecule has 0 aliphatic carbocycles. The molecule has 0 spiro atoms. The van der Waals surface area contributed by atoms with Crippen molar-refractivity contribution in [2.75, 3.05) is 0 Å². The van der Waals surface area contributed by atoms with E-state index in [9.17, 15) is 4.79 Å². The molecule has 2 rings (SSSR count). The van der Waals surface area contributed by atoms with Crippen molar-refractivity contribution >= 4 is 5.78 Å². The van der Waals surface area contributed by atoms with Crippen LogP contribution in [-0.2, 0) is 6.42 Å². The third-order valence-electron chi connectivity index (χ3n) is 3.98. The Balaban J connectivity index is 2.18. The molecule has 0 aliphatic rings. The molecule has 0 saturated carbocycles. The average molecular weight is 293 g/mol. The highest BCUT2D eigenvalue weighted by atomic mass is 16.1. The van der Waals surface area contributed by atoms with E-state index in [0.29, 0.717) is 18.3 Å². The van der Waals surface area contributed by atoms with Crippen LogP contribution < -0.4 is 0 Å². The van der Waals surface area contributed by atoms with Gasteiger partial charge in [0.25, 0.3) is 0 Å². The molecule has 2 aromatic rings. The normalized spacial score (nSPS) is 11.2. The Bertz CT molecular complexity index is 624. The van der Waals surface area contributed by atoms with Gasteiger partial charge in [-0.25, -0.2) is 0 Å². The quantitative estimate of drug-likeness (QED) is 0.638.